The molecular formula is C25H31N6O2P. The number of allylic oxidation sites excluding steroid dienone is 1. The summed E-state index contributed by atoms with van der Waals surface area (Å²) in [6.45, 7) is 11.1. The highest BCUT2D eigenvalue weighted by molar-refractivity contribution is 7.51. The Morgan fingerprint density at radius 2 is 2.12 bits per heavy atom. The fraction of sp³-hybridized carbons (Fsp3) is 0.480. The molecule has 0 N–H and O–H groups in total. The van der Waals surface area contributed by atoms with Crippen molar-refractivity contribution in [1.29, 1.82) is 0 Å². The highest BCUT2D eigenvalue weighted by Gasteiger charge is 2.35. The summed E-state index contributed by atoms with van der Waals surface area (Å²) < 4.78 is 7.30. The molecule has 3 unspecified atom stereocenters. The van der Waals surface area contributed by atoms with Crippen molar-refractivity contribution in [2.24, 2.45) is 0 Å². The van der Waals surface area contributed by atoms with Crippen molar-refractivity contribution >= 4 is 25.3 Å². The standard InChI is InChI=1S/C25H31N6O2P/c1-4-20-22-9-21(27-31(22)11-16(2)26-20)23-10-24(32)30-13-18(5-6-25(30)34-23)28-7-8-29(17(3)12-28)19-14-33-15-19/h5-6,9-11,13,17,19,25,34H,4,7-8,12,14-15H2,1-3H3. The van der Waals surface area contributed by atoms with Gasteiger partial charge in [0.1, 0.15) is 0 Å². The molecule has 2 aromatic rings. The second-order valence-electron chi connectivity index (χ2n) is 9.57. The summed E-state index contributed by atoms with van der Waals surface area (Å²) in [4.78, 5) is 24.7. The van der Waals surface area contributed by atoms with Gasteiger partial charge in [-0.2, -0.15) is 5.10 Å². The Kier molecular flexibility index (Phi) is 5.55. The Labute approximate surface area is 201 Å². The van der Waals surface area contributed by atoms with E-state index in [1.54, 1.807) is 6.08 Å². The lowest BCUT2D eigenvalue weighted by Gasteiger charge is -2.48. The van der Waals surface area contributed by atoms with Crippen molar-refractivity contribution in [3.05, 3.63) is 59.5 Å². The third-order valence-corrected chi connectivity index (χ3v) is 8.72. The number of hydrogen-bond donors (Lipinski definition) is 0. The maximum atomic E-state index is 13.2. The van der Waals surface area contributed by atoms with Crippen LogP contribution in [0.5, 0.6) is 0 Å². The summed E-state index contributed by atoms with van der Waals surface area (Å²) >= 11 is 0. The third kappa shape index (κ3) is 3.78. The minimum absolute atomic E-state index is 0.0287. The zero-order chi connectivity index (χ0) is 23.4. The number of rotatable bonds is 4. The zero-order valence-corrected chi connectivity index (χ0v) is 20.9. The van der Waals surface area contributed by atoms with Crippen LogP contribution in [-0.4, -0.2) is 85.9 Å². The molecule has 178 valence electrons. The molecule has 2 aromatic heterocycles. The van der Waals surface area contributed by atoms with E-state index in [4.69, 9.17) is 9.84 Å². The van der Waals surface area contributed by atoms with E-state index in [-0.39, 0.29) is 11.7 Å². The molecule has 0 bridgehead atoms. The number of ether oxygens (including phenoxy) is 1. The fourth-order valence-electron chi connectivity index (χ4n) is 5.34. The molecule has 3 atom stereocenters. The number of aromatic nitrogens is 3. The van der Waals surface area contributed by atoms with Crippen molar-refractivity contribution in [2.45, 2.75) is 45.1 Å². The van der Waals surface area contributed by atoms with E-state index in [2.05, 4.69) is 46.8 Å². The largest absolute Gasteiger partial charge is 0.378 e. The van der Waals surface area contributed by atoms with Gasteiger partial charge in [0, 0.05) is 43.3 Å². The number of carbonyl (C=O) groups is 1. The fourth-order valence-corrected chi connectivity index (χ4v) is 6.67. The Bertz CT molecular complexity index is 1230. The molecule has 4 aliphatic rings. The van der Waals surface area contributed by atoms with Gasteiger partial charge >= 0.3 is 0 Å². The maximum Gasteiger partial charge on any atom is 0.252 e. The summed E-state index contributed by atoms with van der Waals surface area (Å²) in [5.74, 6) is 0.0818. The molecular weight excluding hydrogens is 447 g/mol. The van der Waals surface area contributed by atoms with E-state index >= 15 is 0 Å². The van der Waals surface area contributed by atoms with Crippen LogP contribution in [0.2, 0.25) is 0 Å². The van der Waals surface area contributed by atoms with Gasteiger partial charge in [-0.3, -0.25) is 14.7 Å². The van der Waals surface area contributed by atoms with Crippen molar-refractivity contribution in [3.63, 3.8) is 0 Å². The van der Waals surface area contributed by atoms with Crippen LogP contribution in [0.15, 0.2) is 42.4 Å². The van der Waals surface area contributed by atoms with Gasteiger partial charge in [-0.15, -0.1) is 0 Å². The molecule has 9 heteroatoms. The van der Waals surface area contributed by atoms with Crippen molar-refractivity contribution in [3.8, 4) is 0 Å². The van der Waals surface area contributed by atoms with Gasteiger partial charge in [-0.1, -0.05) is 21.6 Å². The molecule has 8 nitrogen and oxygen atoms in total. The average Bonchev–Trinajstić information content (AvgIpc) is 3.22. The normalized spacial score (nSPS) is 26.6. The first-order chi connectivity index (χ1) is 16.5. The number of carbonyl (C=O) groups excluding carboxylic acids is 1. The minimum Gasteiger partial charge on any atom is -0.378 e. The zero-order valence-electron chi connectivity index (χ0n) is 19.9. The second kappa shape index (κ2) is 8.59. The van der Waals surface area contributed by atoms with Gasteiger partial charge in [-0.05, 0) is 32.4 Å². The molecule has 2 fully saturated rings. The molecule has 6 rings (SSSR count). The van der Waals surface area contributed by atoms with E-state index in [9.17, 15) is 4.79 Å². The Morgan fingerprint density at radius 3 is 2.85 bits per heavy atom. The maximum absolute atomic E-state index is 13.2. The molecule has 0 aliphatic carbocycles. The van der Waals surface area contributed by atoms with Crippen LogP contribution >= 0.6 is 8.58 Å². The van der Waals surface area contributed by atoms with E-state index in [1.165, 1.54) is 0 Å². The summed E-state index contributed by atoms with van der Waals surface area (Å²) in [5.41, 5.74) is 5.01. The quantitative estimate of drug-likeness (QED) is 0.630. The lowest BCUT2D eigenvalue weighted by molar-refractivity contribution is -0.123. The monoisotopic (exact) mass is 478 g/mol. The van der Waals surface area contributed by atoms with Gasteiger partial charge in [0.05, 0.1) is 59.5 Å². The van der Waals surface area contributed by atoms with Crippen LogP contribution in [0.25, 0.3) is 10.8 Å². The van der Waals surface area contributed by atoms with E-state index < -0.39 is 0 Å². The summed E-state index contributed by atoms with van der Waals surface area (Å²) in [5, 5.41) is 5.81. The molecule has 34 heavy (non-hydrogen) atoms. The van der Waals surface area contributed by atoms with E-state index in [1.807, 2.05) is 28.7 Å². The van der Waals surface area contributed by atoms with Gasteiger partial charge < -0.3 is 14.5 Å². The van der Waals surface area contributed by atoms with Gasteiger partial charge in [0.15, 0.2) is 0 Å². The van der Waals surface area contributed by atoms with Crippen molar-refractivity contribution < 1.29 is 9.53 Å². The molecule has 2 saturated heterocycles. The van der Waals surface area contributed by atoms with Gasteiger partial charge in [0.25, 0.3) is 5.91 Å². The van der Waals surface area contributed by atoms with Gasteiger partial charge in [-0.25, -0.2) is 4.52 Å². The van der Waals surface area contributed by atoms with E-state index in [0.29, 0.717) is 20.7 Å². The lowest BCUT2D eigenvalue weighted by atomic mass is 10.1. The van der Waals surface area contributed by atoms with E-state index in [0.717, 1.165) is 72.9 Å². The predicted molar refractivity (Wildman–Crippen MR) is 134 cm³/mol. The van der Waals surface area contributed by atoms with Crippen LogP contribution in [0.4, 0.5) is 0 Å². The number of nitrogens with zero attached hydrogens (tertiary/aromatic N) is 6. The average molecular weight is 479 g/mol. The number of aryl methyl sites for hydroxylation is 2. The van der Waals surface area contributed by atoms with Gasteiger partial charge in [0.2, 0.25) is 0 Å². The highest BCUT2D eigenvalue weighted by Crippen LogP contribution is 2.44. The van der Waals surface area contributed by atoms with Crippen molar-refractivity contribution in [2.75, 3.05) is 32.8 Å². The summed E-state index contributed by atoms with van der Waals surface area (Å²) in [7, 11) is 0.457. The first kappa shape index (κ1) is 22.0. The molecule has 4 aliphatic heterocycles. The first-order valence-electron chi connectivity index (χ1n) is 12.2. The Balaban J connectivity index is 1.21. The van der Waals surface area contributed by atoms with Crippen LogP contribution < -0.4 is 0 Å². The summed E-state index contributed by atoms with van der Waals surface area (Å²) in [6.07, 6.45) is 11.0. The van der Waals surface area contributed by atoms with Crippen LogP contribution in [0.3, 0.4) is 0 Å². The van der Waals surface area contributed by atoms with Crippen LogP contribution in [0.1, 0.15) is 30.9 Å². The minimum atomic E-state index is 0.0287. The van der Waals surface area contributed by atoms with Crippen molar-refractivity contribution in [1.82, 2.24) is 29.3 Å². The second-order valence-corrected chi connectivity index (χ2v) is 11.0. The number of hydrogen-bond acceptors (Lipinski definition) is 6. The lowest BCUT2D eigenvalue weighted by Crippen LogP contribution is -2.60. The smallest absolute Gasteiger partial charge is 0.252 e. The molecule has 0 spiro atoms. The Hall–Kier alpha value is -2.54. The molecule has 0 aromatic carbocycles. The highest BCUT2D eigenvalue weighted by atomic mass is 31.1. The summed E-state index contributed by atoms with van der Waals surface area (Å²) in [6, 6.07) is 3.12. The topological polar surface area (TPSA) is 66.2 Å². The number of fused-ring (bicyclic) bond motifs is 2. The first-order valence-corrected chi connectivity index (χ1v) is 13.2. The molecule has 1 amide bonds. The van der Waals surface area contributed by atoms with Crippen LogP contribution in [0, 0.1) is 6.92 Å². The molecule has 0 saturated carbocycles. The predicted octanol–water partition coefficient (Wildman–Crippen LogP) is 2.60. The third-order valence-electron chi connectivity index (χ3n) is 7.24. The molecule has 6 heterocycles. The Morgan fingerprint density at radius 1 is 1.26 bits per heavy atom. The van der Waals surface area contributed by atoms with Crippen LogP contribution in [-0.2, 0) is 16.0 Å². The number of amides is 1. The molecule has 0 radical (unpaired) electrons. The number of piperazine rings is 1. The SMILES string of the molecule is CCc1nc(C)cn2nc(C3=CC(=O)N4C=C(N5CCN(C6COC6)C(C)C5)C=CC4P3)cc12.